The van der Waals surface area contributed by atoms with Crippen molar-refractivity contribution in [2.45, 2.75) is 25.6 Å². The third kappa shape index (κ3) is 3.88. The van der Waals surface area contributed by atoms with Gasteiger partial charge in [-0.1, -0.05) is 23.7 Å². The zero-order chi connectivity index (χ0) is 18.9. The smallest absolute Gasteiger partial charge is 0.367 e. The van der Waals surface area contributed by atoms with E-state index in [-0.39, 0.29) is 28.2 Å². The molecule has 0 aliphatic rings. The molecule has 1 heterocycles. The Hall–Kier alpha value is -2.41. The van der Waals surface area contributed by atoms with Crippen molar-refractivity contribution in [3.63, 3.8) is 0 Å². The minimum absolute atomic E-state index is 0.0190. The number of hydrogen-bond donors (Lipinski definition) is 1. The van der Waals surface area contributed by atoms with Gasteiger partial charge in [0.05, 0.1) is 16.5 Å². The van der Waals surface area contributed by atoms with Gasteiger partial charge in [-0.15, -0.1) is 0 Å². The molecule has 0 radical (unpaired) electrons. The molecule has 2 aromatic carbocycles. The van der Waals surface area contributed by atoms with Crippen molar-refractivity contribution in [2.75, 3.05) is 5.32 Å². The van der Waals surface area contributed by atoms with E-state index in [4.69, 9.17) is 11.6 Å². The van der Waals surface area contributed by atoms with Crippen LogP contribution < -0.4 is 5.32 Å². The van der Waals surface area contributed by atoms with Crippen molar-refractivity contribution in [1.29, 1.82) is 0 Å². The van der Waals surface area contributed by atoms with Gasteiger partial charge in [0.25, 0.3) is 0 Å². The number of anilines is 1. The summed E-state index contributed by atoms with van der Waals surface area (Å²) in [6, 6.07) is 7.68. The molecule has 3 aromatic rings. The van der Waals surface area contributed by atoms with Crippen molar-refractivity contribution in [3.05, 3.63) is 64.7 Å². The fraction of sp³-hybridized carbons (Fsp3) is 0.222. The third-order valence-corrected chi connectivity index (χ3v) is 4.13. The Labute approximate surface area is 152 Å². The van der Waals surface area contributed by atoms with Crippen molar-refractivity contribution in [2.24, 2.45) is 0 Å². The third-order valence-electron chi connectivity index (χ3n) is 3.90. The maximum absolute atomic E-state index is 14.1. The molecule has 1 aromatic heterocycles. The van der Waals surface area contributed by atoms with Crippen molar-refractivity contribution in [3.8, 4) is 0 Å². The number of alkyl halides is 3. The number of benzene rings is 2. The molecule has 0 amide bonds. The Kier molecular flexibility index (Phi) is 5.00. The quantitative estimate of drug-likeness (QED) is 0.606. The lowest BCUT2D eigenvalue weighted by molar-refractivity contribution is -0.138. The summed E-state index contributed by atoms with van der Waals surface area (Å²) in [4.78, 5) is 8.02. The predicted molar refractivity (Wildman–Crippen MR) is 92.7 cm³/mol. The van der Waals surface area contributed by atoms with Gasteiger partial charge in [0.1, 0.15) is 18.0 Å². The van der Waals surface area contributed by atoms with Gasteiger partial charge in [-0.2, -0.15) is 13.2 Å². The van der Waals surface area contributed by atoms with E-state index in [0.29, 0.717) is 5.52 Å². The molecule has 3 nitrogen and oxygen atoms in total. The maximum Gasteiger partial charge on any atom is 0.416 e. The number of nitrogens with zero attached hydrogens (tertiary/aromatic N) is 2. The molecule has 136 valence electrons. The molecule has 26 heavy (non-hydrogen) atoms. The van der Waals surface area contributed by atoms with Gasteiger partial charge in [0.15, 0.2) is 0 Å². The van der Waals surface area contributed by atoms with Crippen LogP contribution in [-0.2, 0) is 12.6 Å². The Morgan fingerprint density at radius 1 is 1.15 bits per heavy atom. The fourth-order valence-corrected chi connectivity index (χ4v) is 2.95. The van der Waals surface area contributed by atoms with Gasteiger partial charge in [-0.05, 0) is 43.2 Å². The minimum atomic E-state index is -4.51. The van der Waals surface area contributed by atoms with Crippen LogP contribution in [0, 0.1) is 5.82 Å². The Balaban J connectivity index is 1.88. The molecule has 0 saturated carbocycles. The molecule has 1 N–H and O–H groups in total. The Morgan fingerprint density at radius 3 is 2.65 bits per heavy atom. The summed E-state index contributed by atoms with van der Waals surface area (Å²) in [5.74, 6) is -0.261. The standard InChI is InChI=1S/C18H14ClF4N3/c1-10(7-11-5-6-12(19)8-13(11)18(21,22)23)26-17-16-14(20)3-2-4-15(16)24-9-25-17/h2-6,8-10H,7H2,1H3,(H,24,25,26). The highest BCUT2D eigenvalue weighted by atomic mass is 35.5. The number of rotatable bonds is 4. The highest BCUT2D eigenvalue weighted by Crippen LogP contribution is 2.34. The van der Waals surface area contributed by atoms with E-state index in [9.17, 15) is 17.6 Å². The molecular weight excluding hydrogens is 370 g/mol. The van der Waals surface area contributed by atoms with Gasteiger partial charge in [0, 0.05) is 11.1 Å². The van der Waals surface area contributed by atoms with Crippen molar-refractivity contribution in [1.82, 2.24) is 9.97 Å². The lowest BCUT2D eigenvalue weighted by Crippen LogP contribution is -2.21. The van der Waals surface area contributed by atoms with Crippen LogP contribution in [0.25, 0.3) is 10.9 Å². The van der Waals surface area contributed by atoms with Crippen LogP contribution in [0.2, 0.25) is 5.02 Å². The number of halogens is 5. The lowest BCUT2D eigenvalue weighted by Gasteiger charge is -2.19. The minimum Gasteiger partial charge on any atom is -0.367 e. The van der Waals surface area contributed by atoms with Crippen molar-refractivity contribution >= 4 is 28.3 Å². The average Bonchev–Trinajstić information content (AvgIpc) is 2.56. The summed E-state index contributed by atoms with van der Waals surface area (Å²) in [6.07, 6.45) is -3.17. The SMILES string of the molecule is CC(Cc1ccc(Cl)cc1C(F)(F)F)Nc1ncnc2cccc(F)c12. The zero-order valence-corrected chi connectivity index (χ0v) is 14.4. The van der Waals surface area contributed by atoms with E-state index in [0.717, 1.165) is 6.07 Å². The highest BCUT2D eigenvalue weighted by molar-refractivity contribution is 6.30. The number of nitrogens with one attached hydrogen (secondary N) is 1. The monoisotopic (exact) mass is 383 g/mol. The zero-order valence-electron chi connectivity index (χ0n) is 13.6. The predicted octanol–water partition coefficient (Wildman–Crippen LogP) is 5.48. The first-order valence-corrected chi connectivity index (χ1v) is 8.15. The van der Waals surface area contributed by atoms with E-state index in [1.165, 1.54) is 30.6 Å². The molecule has 0 aliphatic heterocycles. The molecule has 0 fully saturated rings. The second-order valence-corrected chi connectivity index (χ2v) is 6.34. The first kappa shape index (κ1) is 18.4. The molecule has 8 heteroatoms. The summed E-state index contributed by atoms with van der Waals surface area (Å²) in [5, 5.41) is 3.20. The van der Waals surface area contributed by atoms with Crippen LogP contribution in [0.4, 0.5) is 23.4 Å². The summed E-state index contributed by atoms with van der Waals surface area (Å²) in [5.41, 5.74) is -0.268. The topological polar surface area (TPSA) is 37.8 Å². The Morgan fingerprint density at radius 2 is 1.92 bits per heavy atom. The first-order valence-electron chi connectivity index (χ1n) is 7.77. The van der Waals surface area contributed by atoms with Gasteiger partial charge in [-0.25, -0.2) is 14.4 Å². The Bertz CT molecular complexity index is 938. The van der Waals surface area contributed by atoms with Gasteiger partial charge >= 0.3 is 6.18 Å². The van der Waals surface area contributed by atoms with Crippen LogP contribution >= 0.6 is 11.6 Å². The average molecular weight is 384 g/mol. The molecule has 1 unspecified atom stereocenters. The van der Waals surface area contributed by atoms with Crippen LogP contribution in [-0.4, -0.2) is 16.0 Å². The molecule has 0 bridgehead atoms. The summed E-state index contributed by atoms with van der Waals surface area (Å²) in [6.45, 7) is 1.70. The van der Waals surface area contributed by atoms with Gasteiger partial charge in [-0.3, -0.25) is 0 Å². The van der Waals surface area contributed by atoms with E-state index >= 15 is 0 Å². The van der Waals surface area contributed by atoms with E-state index < -0.39 is 23.6 Å². The van der Waals surface area contributed by atoms with Crippen molar-refractivity contribution < 1.29 is 17.6 Å². The molecule has 0 saturated heterocycles. The lowest BCUT2D eigenvalue weighted by atomic mass is 10.0. The van der Waals surface area contributed by atoms with Crippen LogP contribution in [0.3, 0.4) is 0 Å². The first-order chi connectivity index (χ1) is 12.3. The van der Waals surface area contributed by atoms with Crippen LogP contribution in [0.5, 0.6) is 0 Å². The molecule has 0 aliphatic carbocycles. The molecular formula is C18H14ClF4N3. The van der Waals surface area contributed by atoms with Gasteiger partial charge in [0.2, 0.25) is 0 Å². The summed E-state index contributed by atoms with van der Waals surface area (Å²) < 4.78 is 53.8. The van der Waals surface area contributed by atoms with E-state index in [1.54, 1.807) is 13.0 Å². The molecule has 0 spiro atoms. The number of fused-ring (bicyclic) bond motifs is 1. The largest absolute Gasteiger partial charge is 0.416 e. The second kappa shape index (κ2) is 7.07. The highest BCUT2D eigenvalue weighted by Gasteiger charge is 2.33. The maximum atomic E-state index is 14.1. The number of hydrogen-bond acceptors (Lipinski definition) is 3. The van der Waals surface area contributed by atoms with Gasteiger partial charge < -0.3 is 5.32 Å². The van der Waals surface area contributed by atoms with Crippen LogP contribution in [0.15, 0.2) is 42.7 Å². The normalized spacial score (nSPS) is 13.0. The van der Waals surface area contributed by atoms with Crippen LogP contribution in [0.1, 0.15) is 18.1 Å². The van der Waals surface area contributed by atoms with E-state index in [2.05, 4.69) is 15.3 Å². The summed E-state index contributed by atoms with van der Waals surface area (Å²) >= 11 is 5.70. The summed E-state index contributed by atoms with van der Waals surface area (Å²) in [7, 11) is 0. The molecule has 1 atom stereocenters. The number of aromatic nitrogens is 2. The fourth-order valence-electron chi connectivity index (χ4n) is 2.78. The van der Waals surface area contributed by atoms with E-state index in [1.807, 2.05) is 0 Å². The second-order valence-electron chi connectivity index (χ2n) is 5.90. The molecule has 3 rings (SSSR count).